The number of nitrogens with two attached hydrogens (primary N) is 1. The van der Waals surface area contributed by atoms with Gasteiger partial charge in [-0.3, -0.25) is 0 Å². The second-order valence-electron chi connectivity index (χ2n) is 5.72. The second kappa shape index (κ2) is 5.52. The van der Waals surface area contributed by atoms with Gasteiger partial charge < -0.3 is 10.5 Å². The molecule has 0 aromatic carbocycles. The predicted molar refractivity (Wildman–Crippen MR) is 68.4 cm³/mol. The summed E-state index contributed by atoms with van der Waals surface area (Å²) < 4.78 is 5.32. The molecule has 0 aromatic heterocycles. The molecule has 96 valence electrons. The molecule has 0 spiro atoms. The molecule has 3 nitrogen and oxygen atoms in total. The summed E-state index contributed by atoms with van der Waals surface area (Å²) in [6.45, 7) is 9.14. The number of carbonyl (C=O) groups excluding carboxylic acids is 1. The maximum atomic E-state index is 11.9. The van der Waals surface area contributed by atoms with Crippen molar-refractivity contribution in [2.75, 3.05) is 0 Å². The topological polar surface area (TPSA) is 52.3 Å². The molecule has 0 aromatic rings. The van der Waals surface area contributed by atoms with E-state index in [1.165, 1.54) is 0 Å². The fourth-order valence-electron chi connectivity index (χ4n) is 2.15. The minimum atomic E-state index is -0.475. The summed E-state index contributed by atoms with van der Waals surface area (Å²) in [6.07, 6.45) is 3.91. The van der Waals surface area contributed by atoms with E-state index >= 15 is 0 Å². The van der Waals surface area contributed by atoms with Crippen LogP contribution in [0, 0.1) is 5.92 Å². The molecule has 0 bridgehead atoms. The van der Waals surface area contributed by atoms with Gasteiger partial charge in [-0.25, -0.2) is 4.79 Å². The first-order valence-corrected chi connectivity index (χ1v) is 6.21. The molecule has 2 atom stereocenters. The van der Waals surface area contributed by atoms with Crippen molar-refractivity contribution >= 4 is 5.97 Å². The lowest BCUT2D eigenvalue weighted by Gasteiger charge is -2.21. The van der Waals surface area contributed by atoms with Crippen molar-refractivity contribution < 1.29 is 9.53 Å². The van der Waals surface area contributed by atoms with Crippen LogP contribution in [0.5, 0.6) is 0 Å². The molecule has 0 saturated heterocycles. The summed E-state index contributed by atoms with van der Waals surface area (Å²) in [4.78, 5) is 11.9. The Hall–Kier alpha value is -1.05. The van der Waals surface area contributed by atoms with Crippen molar-refractivity contribution in [3.05, 3.63) is 17.9 Å². The Labute approximate surface area is 104 Å². The van der Waals surface area contributed by atoms with Crippen molar-refractivity contribution in [2.24, 2.45) is 11.7 Å². The molecular formula is C14H23NO2. The highest BCUT2D eigenvalue weighted by Gasteiger charge is 2.28. The SMILES string of the molecule is C=C=C(C[C@H]1CCC[C@@H]1N)C(=O)OC(C)(C)C. The van der Waals surface area contributed by atoms with Crippen molar-refractivity contribution in [1.82, 2.24) is 0 Å². The van der Waals surface area contributed by atoms with E-state index in [1.54, 1.807) is 0 Å². The molecule has 0 amide bonds. The fraction of sp³-hybridized carbons (Fsp3) is 0.714. The van der Waals surface area contributed by atoms with Gasteiger partial charge in [0.25, 0.3) is 0 Å². The average molecular weight is 237 g/mol. The molecule has 1 saturated carbocycles. The van der Waals surface area contributed by atoms with E-state index in [2.05, 4.69) is 12.3 Å². The van der Waals surface area contributed by atoms with Gasteiger partial charge in [0.2, 0.25) is 0 Å². The predicted octanol–water partition coefficient (Wildman–Crippen LogP) is 2.56. The van der Waals surface area contributed by atoms with Gasteiger partial charge in [0, 0.05) is 6.04 Å². The largest absolute Gasteiger partial charge is 0.456 e. The fourth-order valence-corrected chi connectivity index (χ4v) is 2.15. The summed E-state index contributed by atoms with van der Waals surface area (Å²) in [6, 6.07) is 0.195. The summed E-state index contributed by atoms with van der Waals surface area (Å²) in [5.74, 6) is 0.0540. The van der Waals surface area contributed by atoms with Crippen LogP contribution in [-0.2, 0) is 9.53 Å². The van der Waals surface area contributed by atoms with Crippen molar-refractivity contribution in [2.45, 2.75) is 58.1 Å². The highest BCUT2D eigenvalue weighted by atomic mass is 16.6. The van der Waals surface area contributed by atoms with Crippen LogP contribution < -0.4 is 5.73 Å². The summed E-state index contributed by atoms with van der Waals surface area (Å²) in [5.41, 5.74) is 8.76. The highest BCUT2D eigenvalue weighted by Crippen LogP contribution is 2.30. The number of hydrogen-bond donors (Lipinski definition) is 1. The van der Waals surface area contributed by atoms with Gasteiger partial charge in [-0.05, 0) is 46.0 Å². The lowest BCUT2D eigenvalue weighted by Crippen LogP contribution is -2.28. The zero-order valence-electron chi connectivity index (χ0n) is 11.1. The molecular weight excluding hydrogens is 214 g/mol. The Morgan fingerprint density at radius 2 is 2.12 bits per heavy atom. The highest BCUT2D eigenvalue weighted by molar-refractivity contribution is 5.88. The molecule has 17 heavy (non-hydrogen) atoms. The number of carbonyl (C=O) groups is 1. The third-order valence-electron chi connectivity index (χ3n) is 3.04. The van der Waals surface area contributed by atoms with Crippen molar-refractivity contribution in [3.63, 3.8) is 0 Å². The van der Waals surface area contributed by atoms with Crippen LogP contribution in [0.4, 0.5) is 0 Å². The third-order valence-corrected chi connectivity index (χ3v) is 3.04. The molecule has 0 unspecified atom stereocenters. The maximum absolute atomic E-state index is 11.9. The minimum Gasteiger partial charge on any atom is -0.456 e. The Morgan fingerprint density at radius 3 is 2.53 bits per heavy atom. The van der Waals surface area contributed by atoms with E-state index in [0.717, 1.165) is 19.3 Å². The van der Waals surface area contributed by atoms with Gasteiger partial charge in [0.1, 0.15) is 5.60 Å². The first kappa shape index (κ1) is 14.0. The van der Waals surface area contributed by atoms with Crippen LogP contribution in [0.1, 0.15) is 46.5 Å². The zero-order chi connectivity index (χ0) is 13.1. The lowest BCUT2D eigenvalue weighted by atomic mass is 9.95. The average Bonchev–Trinajstić information content (AvgIpc) is 2.57. The standard InChI is InChI=1S/C14H23NO2/c1-5-10(13(16)17-14(2,3)4)9-11-7-6-8-12(11)15/h11-12H,1,6-9,15H2,2-4H3/t11-,12+/m1/s1. The van der Waals surface area contributed by atoms with Gasteiger partial charge in [-0.15, -0.1) is 5.73 Å². The van der Waals surface area contributed by atoms with Gasteiger partial charge in [-0.1, -0.05) is 13.0 Å². The zero-order valence-corrected chi connectivity index (χ0v) is 11.1. The van der Waals surface area contributed by atoms with Crippen LogP contribution in [0.3, 0.4) is 0 Å². The molecule has 2 N–H and O–H groups in total. The van der Waals surface area contributed by atoms with Gasteiger partial charge >= 0.3 is 5.97 Å². The third kappa shape index (κ3) is 4.37. The molecule has 3 heteroatoms. The molecule has 1 rings (SSSR count). The Bertz CT molecular complexity index is 335. The molecule has 1 aliphatic rings. The van der Waals surface area contributed by atoms with E-state index in [9.17, 15) is 4.79 Å². The van der Waals surface area contributed by atoms with Crippen LogP contribution >= 0.6 is 0 Å². The van der Waals surface area contributed by atoms with E-state index < -0.39 is 5.60 Å². The number of hydrogen-bond acceptors (Lipinski definition) is 3. The van der Waals surface area contributed by atoms with Gasteiger partial charge in [0.15, 0.2) is 0 Å². The normalized spacial score (nSPS) is 24.2. The summed E-state index contributed by atoms with van der Waals surface area (Å²) in [5, 5.41) is 0. The van der Waals surface area contributed by atoms with Gasteiger partial charge in [-0.2, -0.15) is 0 Å². The Kier molecular flexibility index (Phi) is 4.55. The number of rotatable bonds is 3. The summed E-state index contributed by atoms with van der Waals surface area (Å²) >= 11 is 0. The van der Waals surface area contributed by atoms with Crippen LogP contribution in [0.25, 0.3) is 0 Å². The van der Waals surface area contributed by atoms with Gasteiger partial charge in [0.05, 0.1) is 5.57 Å². The van der Waals surface area contributed by atoms with Crippen LogP contribution in [0.15, 0.2) is 17.9 Å². The maximum Gasteiger partial charge on any atom is 0.342 e. The van der Waals surface area contributed by atoms with Crippen LogP contribution in [-0.4, -0.2) is 17.6 Å². The van der Waals surface area contributed by atoms with E-state index in [0.29, 0.717) is 17.9 Å². The lowest BCUT2D eigenvalue weighted by molar-refractivity contribution is -0.150. The second-order valence-corrected chi connectivity index (χ2v) is 5.72. The smallest absolute Gasteiger partial charge is 0.342 e. The molecule has 1 aliphatic carbocycles. The van der Waals surface area contributed by atoms with E-state index in [4.69, 9.17) is 10.5 Å². The minimum absolute atomic E-state index is 0.195. The quantitative estimate of drug-likeness (QED) is 0.466. The van der Waals surface area contributed by atoms with E-state index in [1.807, 2.05) is 20.8 Å². The first-order valence-electron chi connectivity index (χ1n) is 6.21. The van der Waals surface area contributed by atoms with Crippen LogP contribution in [0.2, 0.25) is 0 Å². The molecule has 0 aliphatic heterocycles. The molecule has 0 heterocycles. The Balaban J connectivity index is 2.61. The summed E-state index contributed by atoms with van der Waals surface area (Å²) in [7, 11) is 0. The molecule has 1 fully saturated rings. The number of ether oxygens (including phenoxy) is 1. The van der Waals surface area contributed by atoms with Crippen molar-refractivity contribution in [3.8, 4) is 0 Å². The van der Waals surface area contributed by atoms with Crippen molar-refractivity contribution in [1.29, 1.82) is 0 Å². The monoisotopic (exact) mass is 237 g/mol. The first-order chi connectivity index (χ1) is 7.83. The Morgan fingerprint density at radius 1 is 1.47 bits per heavy atom. The van der Waals surface area contributed by atoms with E-state index in [-0.39, 0.29) is 12.0 Å². The molecule has 0 radical (unpaired) electrons. The number of esters is 1.